The highest BCUT2D eigenvalue weighted by Crippen LogP contribution is 2.30. The van der Waals surface area contributed by atoms with Gasteiger partial charge in [0, 0.05) is 31.9 Å². The molecule has 0 amide bonds. The summed E-state index contributed by atoms with van der Waals surface area (Å²) >= 11 is 0. The Hall–Kier alpha value is -1.07. The van der Waals surface area contributed by atoms with Gasteiger partial charge >= 0.3 is 0 Å². The number of nitrogens with zero attached hydrogens (tertiary/aromatic N) is 1. The van der Waals surface area contributed by atoms with Crippen LogP contribution in [0.3, 0.4) is 0 Å². The van der Waals surface area contributed by atoms with Crippen LogP contribution in [0, 0.1) is 11.8 Å². The maximum atomic E-state index is 12.0. The molecule has 0 bridgehead atoms. The summed E-state index contributed by atoms with van der Waals surface area (Å²) in [4.78, 5) is 2.83. The molecule has 1 aromatic carbocycles. The van der Waals surface area contributed by atoms with E-state index in [4.69, 9.17) is 0 Å². The molecular weight excluding hydrogens is 272 g/mol. The second-order valence-electron chi connectivity index (χ2n) is 5.90. The molecule has 0 aliphatic carbocycles. The Morgan fingerprint density at radius 2 is 1.75 bits per heavy atom. The molecule has 2 fully saturated rings. The number of rotatable bonds is 4. The summed E-state index contributed by atoms with van der Waals surface area (Å²) in [6.45, 7) is 6.29. The van der Waals surface area contributed by atoms with Crippen LogP contribution in [0.25, 0.3) is 0 Å². The zero-order chi connectivity index (χ0) is 14.2. The van der Waals surface area contributed by atoms with Crippen LogP contribution < -0.4 is 10.2 Å². The lowest BCUT2D eigenvalue weighted by Gasteiger charge is -2.20. The highest BCUT2D eigenvalue weighted by molar-refractivity contribution is 7.91. The van der Waals surface area contributed by atoms with E-state index >= 15 is 0 Å². The topological polar surface area (TPSA) is 49.4 Å². The van der Waals surface area contributed by atoms with Crippen molar-refractivity contribution < 1.29 is 8.42 Å². The van der Waals surface area contributed by atoms with Gasteiger partial charge in [0.15, 0.2) is 9.84 Å². The van der Waals surface area contributed by atoms with E-state index in [1.807, 2.05) is 19.1 Å². The van der Waals surface area contributed by atoms with Gasteiger partial charge in [-0.1, -0.05) is 6.92 Å². The first-order valence-electron chi connectivity index (χ1n) is 7.38. The van der Waals surface area contributed by atoms with E-state index in [9.17, 15) is 8.42 Å². The molecule has 110 valence electrons. The van der Waals surface area contributed by atoms with Gasteiger partial charge in [0.25, 0.3) is 0 Å². The number of fused-ring (bicyclic) bond motifs is 1. The first kappa shape index (κ1) is 13.9. The van der Waals surface area contributed by atoms with Crippen molar-refractivity contribution in [1.82, 2.24) is 5.32 Å². The average molecular weight is 294 g/mol. The molecule has 0 unspecified atom stereocenters. The normalized spacial score (nSPS) is 25.9. The van der Waals surface area contributed by atoms with Crippen LogP contribution in [0.5, 0.6) is 0 Å². The number of nitrogens with one attached hydrogen (secondary N) is 1. The summed E-state index contributed by atoms with van der Waals surface area (Å²) in [5.41, 5.74) is 1.15. The fraction of sp³-hybridized carbons (Fsp3) is 0.600. The molecule has 1 N–H and O–H groups in total. The van der Waals surface area contributed by atoms with Crippen LogP contribution in [0.4, 0.5) is 5.69 Å². The Labute approximate surface area is 121 Å². The first-order chi connectivity index (χ1) is 9.60. The zero-order valence-electron chi connectivity index (χ0n) is 11.9. The third-order valence-electron chi connectivity index (χ3n) is 4.42. The Balaban J connectivity index is 1.74. The molecular formula is C15H22N2O2S. The van der Waals surface area contributed by atoms with E-state index in [-0.39, 0.29) is 5.75 Å². The first-order valence-corrected chi connectivity index (χ1v) is 9.04. The van der Waals surface area contributed by atoms with E-state index < -0.39 is 9.84 Å². The lowest BCUT2D eigenvalue weighted by molar-refractivity contribution is 0.533. The minimum atomic E-state index is -3.09. The summed E-state index contributed by atoms with van der Waals surface area (Å²) in [7, 11) is -3.09. The standard InChI is InChI=1S/C15H22N2O2S/c1-2-7-20(18,19)15-5-3-14(4-6-15)17-10-12-8-16-9-13(12)11-17/h3-6,12-13,16H,2,7-11H2,1H3/t12-,13+. The fourth-order valence-electron chi connectivity index (χ4n) is 3.32. The molecule has 2 saturated heterocycles. The molecule has 20 heavy (non-hydrogen) atoms. The van der Waals surface area contributed by atoms with Gasteiger partial charge in [0.05, 0.1) is 10.6 Å². The maximum Gasteiger partial charge on any atom is 0.178 e. The lowest BCUT2D eigenvalue weighted by atomic mass is 10.0. The van der Waals surface area contributed by atoms with Gasteiger partial charge in [-0.25, -0.2) is 8.42 Å². The van der Waals surface area contributed by atoms with Crippen LogP contribution in [0.1, 0.15) is 13.3 Å². The summed E-state index contributed by atoms with van der Waals surface area (Å²) in [5, 5.41) is 3.43. The summed E-state index contributed by atoms with van der Waals surface area (Å²) in [5.74, 6) is 1.73. The average Bonchev–Trinajstić information content (AvgIpc) is 2.99. The maximum absolute atomic E-state index is 12.0. The molecule has 2 aliphatic heterocycles. The van der Waals surface area contributed by atoms with Crippen LogP contribution in [0.15, 0.2) is 29.2 Å². The van der Waals surface area contributed by atoms with Crippen molar-refractivity contribution in [2.75, 3.05) is 36.8 Å². The van der Waals surface area contributed by atoms with Crippen molar-refractivity contribution in [3.63, 3.8) is 0 Å². The smallest absolute Gasteiger partial charge is 0.178 e. The van der Waals surface area contributed by atoms with Gasteiger partial charge in [-0.2, -0.15) is 0 Å². The second kappa shape index (κ2) is 5.37. The molecule has 0 radical (unpaired) electrons. The van der Waals surface area contributed by atoms with Crippen LogP contribution in [-0.4, -0.2) is 40.3 Å². The van der Waals surface area contributed by atoms with Crippen molar-refractivity contribution in [1.29, 1.82) is 0 Å². The Morgan fingerprint density at radius 1 is 1.15 bits per heavy atom. The Bertz CT molecular complexity index is 556. The van der Waals surface area contributed by atoms with Crippen molar-refractivity contribution in [3.8, 4) is 0 Å². The third kappa shape index (κ3) is 2.56. The Morgan fingerprint density at radius 3 is 2.30 bits per heavy atom. The zero-order valence-corrected chi connectivity index (χ0v) is 12.7. The third-order valence-corrected chi connectivity index (χ3v) is 6.36. The molecule has 0 aromatic heterocycles. The molecule has 4 nitrogen and oxygen atoms in total. The van der Waals surface area contributed by atoms with Crippen molar-refractivity contribution in [3.05, 3.63) is 24.3 Å². The SMILES string of the molecule is CCCS(=O)(=O)c1ccc(N2C[C@H]3CNC[C@H]3C2)cc1. The van der Waals surface area contributed by atoms with Gasteiger partial charge in [0.1, 0.15) is 0 Å². The van der Waals surface area contributed by atoms with E-state index in [0.717, 1.165) is 43.7 Å². The quantitative estimate of drug-likeness (QED) is 0.915. The van der Waals surface area contributed by atoms with Crippen LogP contribution in [-0.2, 0) is 9.84 Å². The van der Waals surface area contributed by atoms with Gasteiger partial charge < -0.3 is 10.2 Å². The molecule has 2 aliphatic rings. The molecule has 2 atom stereocenters. The van der Waals surface area contributed by atoms with Crippen molar-refractivity contribution >= 4 is 15.5 Å². The lowest BCUT2D eigenvalue weighted by Crippen LogP contribution is -2.25. The molecule has 2 heterocycles. The minimum Gasteiger partial charge on any atom is -0.371 e. The van der Waals surface area contributed by atoms with E-state index in [1.54, 1.807) is 12.1 Å². The second-order valence-corrected chi connectivity index (χ2v) is 8.01. The van der Waals surface area contributed by atoms with Gasteiger partial charge in [0.2, 0.25) is 0 Å². The van der Waals surface area contributed by atoms with E-state index in [1.165, 1.54) is 0 Å². The summed E-state index contributed by atoms with van der Waals surface area (Å²) in [6.07, 6.45) is 0.659. The molecule has 0 saturated carbocycles. The summed E-state index contributed by atoms with van der Waals surface area (Å²) in [6, 6.07) is 7.42. The fourth-order valence-corrected chi connectivity index (χ4v) is 4.64. The largest absolute Gasteiger partial charge is 0.371 e. The van der Waals surface area contributed by atoms with Crippen molar-refractivity contribution in [2.24, 2.45) is 11.8 Å². The number of sulfone groups is 1. The van der Waals surface area contributed by atoms with Gasteiger partial charge in [-0.15, -0.1) is 0 Å². The Kier molecular flexibility index (Phi) is 3.73. The highest BCUT2D eigenvalue weighted by atomic mass is 32.2. The van der Waals surface area contributed by atoms with Crippen molar-refractivity contribution in [2.45, 2.75) is 18.2 Å². The number of hydrogen-bond donors (Lipinski definition) is 1. The highest BCUT2D eigenvalue weighted by Gasteiger charge is 2.36. The summed E-state index contributed by atoms with van der Waals surface area (Å²) < 4.78 is 24.0. The van der Waals surface area contributed by atoms with E-state index in [2.05, 4.69) is 10.2 Å². The van der Waals surface area contributed by atoms with Crippen LogP contribution >= 0.6 is 0 Å². The molecule has 0 spiro atoms. The predicted molar refractivity (Wildman–Crippen MR) is 80.8 cm³/mol. The van der Waals surface area contributed by atoms with Crippen LogP contribution in [0.2, 0.25) is 0 Å². The minimum absolute atomic E-state index is 0.228. The monoisotopic (exact) mass is 294 g/mol. The van der Waals surface area contributed by atoms with Gasteiger partial charge in [-0.3, -0.25) is 0 Å². The predicted octanol–water partition coefficient (Wildman–Crippen LogP) is 1.53. The number of anilines is 1. The molecule has 5 heteroatoms. The molecule has 1 aromatic rings. The molecule has 3 rings (SSSR count). The van der Waals surface area contributed by atoms with E-state index in [0.29, 0.717) is 11.3 Å². The van der Waals surface area contributed by atoms with Gasteiger partial charge in [-0.05, 0) is 42.5 Å². The number of benzene rings is 1. The number of hydrogen-bond acceptors (Lipinski definition) is 4.